The Morgan fingerprint density at radius 2 is 2.05 bits per heavy atom. The second kappa shape index (κ2) is 6.39. The highest BCUT2D eigenvalue weighted by atomic mass is 19.4. The molecule has 0 aromatic carbocycles. The number of carbonyl (C=O) groups is 1. The van der Waals surface area contributed by atoms with Crippen molar-refractivity contribution in [1.82, 2.24) is 15.1 Å². The maximum absolute atomic E-state index is 12.3. The monoisotopic (exact) mass is 309 g/mol. The fraction of sp³-hybridized carbons (Fsp3) is 0.923. The lowest BCUT2D eigenvalue weighted by atomic mass is 10.0. The third-order valence-corrected chi connectivity index (χ3v) is 4.33. The van der Waals surface area contributed by atoms with E-state index in [1.165, 1.54) is 4.90 Å². The standard InChI is InChI=1S/C13H22F3N3O2/c1-9-2-5-19(11(9)7-20)12(21)17-10-3-4-18(6-10)8-13(14,15)16/h9-11,20H,2-8H2,1H3,(H,17,21). The summed E-state index contributed by atoms with van der Waals surface area (Å²) in [5.41, 5.74) is 0. The fourth-order valence-corrected chi connectivity index (χ4v) is 3.14. The Bertz CT molecular complexity index is 378. The first-order valence-corrected chi connectivity index (χ1v) is 7.27. The Labute approximate surface area is 122 Å². The molecule has 0 aliphatic carbocycles. The molecule has 0 radical (unpaired) electrons. The first kappa shape index (κ1) is 16.4. The van der Waals surface area contributed by atoms with Crippen LogP contribution in [-0.4, -0.2) is 72.0 Å². The van der Waals surface area contributed by atoms with Gasteiger partial charge in [-0.05, 0) is 18.8 Å². The van der Waals surface area contributed by atoms with E-state index in [0.29, 0.717) is 19.5 Å². The number of aliphatic hydroxyl groups excluding tert-OH is 1. The molecule has 3 unspecified atom stereocenters. The van der Waals surface area contributed by atoms with E-state index in [1.807, 2.05) is 6.92 Å². The lowest BCUT2D eigenvalue weighted by Crippen LogP contribution is -2.49. The van der Waals surface area contributed by atoms with Crippen molar-refractivity contribution in [3.63, 3.8) is 0 Å². The van der Waals surface area contributed by atoms with Gasteiger partial charge in [0, 0.05) is 25.7 Å². The molecule has 2 saturated heterocycles. The molecule has 2 rings (SSSR count). The Kier molecular flexibility index (Phi) is 4.98. The van der Waals surface area contributed by atoms with E-state index in [0.717, 1.165) is 6.42 Å². The van der Waals surface area contributed by atoms with Gasteiger partial charge in [0.2, 0.25) is 0 Å². The molecule has 0 aromatic rings. The number of nitrogens with zero attached hydrogens (tertiary/aromatic N) is 2. The Morgan fingerprint density at radius 1 is 1.33 bits per heavy atom. The number of likely N-dealkylation sites (tertiary alicyclic amines) is 2. The molecule has 8 heteroatoms. The first-order chi connectivity index (χ1) is 9.80. The maximum Gasteiger partial charge on any atom is 0.401 e. The number of alkyl halides is 3. The van der Waals surface area contributed by atoms with Crippen LogP contribution in [0.1, 0.15) is 19.8 Å². The van der Waals surface area contributed by atoms with Gasteiger partial charge in [0.15, 0.2) is 0 Å². The van der Waals surface area contributed by atoms with E-state index in [-0.39, 0.29) is 37.2 Å². The van der Waals surface area contributed by atoms with E-state index in [1.54, 1.807) is 4.90 Å². The summed E-state index contributed by atoms with van der Waals surface area (Å²) in [6.07, 6.45) is -2.84. The molecule has 0 aromatic heterocycles. The van der Waals surface area contributed by atoms with Crippen molar-refractivity contribution in [2.75, 3.05) is 32.8 Å². The molecule has 0 saturated carbocycles. The van der Waals surface area contributed by atoms with Gasteiger partial charge < -0.3 is 15.3 Å². The molecule has 2 aliphatic heterocycles. The van der Waals surface area contributed by atoms with Gasteiger partial charge >= 0.3 is 12.2 Å². The van der Waals surface area contributed by atoms with Gasteiger partial charge in [-0.25, -0.2) is 4.79 Å². The van der Waals surface area contributed by atoms with E-state index >= 15 is 0 Å². The number of urea groups is 1. The quantitative estimate of drug-likeness (QED) is 0.819. The average molecular weight is 309 g/mol. The second-order valence-electron chi connectivity index (χ2n) is 5.99. The Balaban J connectivity index is 1.82. The Morgan fingerprint density at radius 3 is 2.67 bits per heavy atom. The Hall–Kier alpha value is -1.02. The lowest BCUT2D eigenvalue weighted by Gasteiger charge is -2.27. The van der Waals surface area contributed by atoms with Crippen molar-refractivity contribution in [3.05, 3.63) is 0 Å². The van der Waals surface area contributed by atoms with E-state index in [2.05, 4.69) is 5.32 Å². The van der Waals surface area contributed by atoms with Crippen LogP contribution >= 0.6 is 0 Å². The fourth-order valence-electron chi connectivity index (χ4n) is 3.14. The number of hydrogen-bond acceptors (Lipinski definition) is 3. The summed E-state index contributed by atoms with van der Waals surface area (Å²) in [7, 11) is 0. The van der Waals surface area contributed by atoms with E-state index in [4.69, 9.17) is 0 Å². The zero-order valence-corrected chi connectivity index (χ0v) is 12.1. The molecule has 2 fully saturated rings. The van der Waals surface area contributed by atoms with Gasteiger partial charge in [0.05, 0.1) is 19.2 Å². The van der Waals surface area contributed by atoms with Crippen LogP contribution in [0, 0.1) is 5.92 Å². The maximum atomic E-state index is 12.3. The summed E-state index contributed by atoms with van der Waals surface area (Å²) in [5.74, 6) is 0.242. The summed E-state index contributed by atoms with van der Waals surface area (Å²) in [6.45, 7) is 2.10. The molecular formula is C13H22F3N3O2. The topological polar surface area (TPSA) is 55.8 Å². The van der Waals surface area contributed by atoms with E-state index < -0.39 is 12.7 Å². The normalized spacial score (nSPS) is 30.9. The molecule has 0 spiro atoms. The number of rotatable bonds is 3. The van der Waals surface area contributed by atoms with Crippen LogP contribution in [0.2, 0.25) is 0 Å². The van der Waals surface area contributed by atoms with Crippen LogP contribution in [0.5, 0.6) is 0 Å². The number of hydrogen-bond donors (Lipinski definition) is 2. The molecule has 5 nitrogen and oxygen atoms in total. The number of halogens is 3. The molecule has 0 bridgehead atoms. The number of carbonyl (C=O) groups excluding carboxylic acids is 1. The third kappa shape index (κ3) is 4.23. The minimum Gasteiger partial charge on any atom is -0.394 e. The molecule has 2 N–H and O–H groups in total. The van der Waals surface area contributed by atoms with Gasteiger partial charge in [0.1, 0.15) is 0 Å². The van der Waals surface area contributed by atoms with Crippen LogP contribution in [0.3, 0.4) is 0 Å². The van der Waals surface area contributed by atoms with Gasteiger partial charge in [-0.15, -0.1) is 0 Å². The summed E-state index contributed by atoms with van der Waals surface area (Å²) in [6, 6.07) is -0.731. The van der Waals surface area contributed by atoms with Crippen LogP contribution in [0.25, 0.3) is 0 Å². The highest BCUT2D eigenvalue weighted by Crippen LogP contribution is 2.24. The van der Waals surface area contributed by atoms with Gasteiger partial charge in [-0.2, -0.15) is 13.2 Å². The zero-order valence-electron chi connectivity index (χ0n) is 12.1. The molecule has 122 valence electrons. The minimum atomic E-state index is -4.20. The van der Waals surface area contributed by atoms with Crippen molar-refractivity contribution in [2.45, 2.75) is 38.0 Å². The SMILES string of the molecule is CC1CCN(C(=O)NC2CCN(CC(F)(F)F)C2)C1CO. The molecule has 2 heterocycles. The summed E-state index contributed by atoms with van der Waals surface area (Å²) in [4.78, 5) is 15.1. The van der Waals surface area contributed by atoms with Crippen LogP contribution in [-0.2, 0) is 0 Å². The minimum absolute atomic E-state index is 0.0839. The average Bonchev–Trinajstić information content (AvgIpc) is 2.93. The van der Waals surface area contributed by atoms with E-state index in [9.17, 15) is 23.1 Å². The predicted octanol–water partition coefficient (Wildman–Crippen LogP) is 1.04. The van der Waals surface area contributed by atoms with Crippen LogP contribution in [0.4, 0.5) is 18.0 Å². The van der Waals surface area contributed by atoms with Crippen LogP contribution in [0.15, 0.2) is 0 Å². The van der Waals surface area contributed by atoms with Crippen molar-refractivity contribution in [2.24, 2.45) is 5.92 Å². The first-order valence-electron chi connectivity index (χ1n) is 7.27. The molecule has 2 aliphatic rings. The molecular weight excluding hydrogens is 287 g/mol. The summed E-state index contributed by atoms with van der Waals surface area (Å²) >= 11 is 0. The molecule has 21 heavy (non-hydrogen) atoms. The largest absolute Gasteiger partial charge is 0.401 e. The number of aliphatic hydroxyl groups is 1. The second-order valence-corrected chi connectivity index (χ2v) is 5.99. The highest BCUT2D eigenvalue weighted by Gasteiger charge is 2.37. The van der Waals surface area contributed by atoms with Crippen molar-refractivity contribution >= 4 is 6.03 Å². The van der Waals surface area contributed by atoms with Crippen LogP contribution < -0.4 is 5.32 Å². The summed E-state index contributed by atoms with van der Waals surface area (Å²) < 4.78 is 37.0. The number of amides is 2. The predicted molar refractivity (Wildman–Crippen MR) is 70.8 cm³/mol. The lowest BCUT2D eigenvalue weighted by molar-refractivity contribution is -0.143. The van der Waals surface area contributed by atoms with Gasteiger partial charge in [-0.1, -0.05) is 6.92 Å². The number of nitrogens with one attached hydrogen (secondary N) is 1. The van der Waals surface area contributed by atoms with Crippen molar-refractivity contribution < 1.29 is 23.1 Å². The summed E-state index contributed by atoms with van der Waals surface area (Å²) in [5, 5.41) is 12.1. The van der Waals surface area contributed by atoms with Crippen molar-refractivity contribution in [3.8, 4) is 0 Å². The highest BCUT2D eigenvalue weighted by molar-refractivity contribution is 5.75. The zero-order chi connectivity index (χ0) is 15.6. The van der Waals surface area contributed by atoms with Crippen molar-refractivity contribution in [1.29, 1.82) is 0 Å². The third-order valence-electron chi connectivity index (χ3n) is 4.33. The van der Waals surface area contributed by atoms with Gasteiger partial charge in [0.25, 0.3) is 0 Å². The smallest absolute Gasteiger partial charge is 0.394 e. The molecule has 3 atom stereocenters. The molecule has 2 amide bonds. The van der Waals surface area contributed by atoms with Gasteiger partial charge in [-0.3, -0.25) is 4.90 Å².